The molecule has 0 spiro atoms. The van der Waals surface area contributed by atoms with Crippen LogP contribution in [0.25, 0.3) is 22.6 Å². The van der Waals surface area contributed by atoms with Gasteiger partial charge in [0.05, 0.1) is 6.20 Å². The van der Waals surface area contributed by atoms with E-state index in [9.17, 15) is 0 Å². The molecule has 4 aromatic rings. The molecule has 0 radical (unpaired) electrons. The van der Waals surface area contributed by atoms with Crippen LogP contribution < -0.4 is 10.6 Å². The van der Waals surface area contributed by atoms with Crippen molar-refractivity contribution in [3.8, 4) is 11.4 Å². The number of hydrogen-bond donors (Lipinski definition) is 2. The van der Waals surface area contributed by atoms with E-state index in [1.165, 1.54) is 12.8 Å². The predicted molar refractivity (Wildman–Crippen MR) is 130 cm³/mol. The van der Waals surface area contributed by atoms with Crippen LogP contribution in [0.4, 0.5) is 5.95 Å². The minimum absolute atomic E-state index is 0.569. The third-order valence-electron chi connectivity index (χ3n) is 6.13. The Balaban J connectivity index is 1.45. The SMILES string of the molecule is Clc1ccccc1CNc1ncc2nc(-c3ccccc3)n(CCC3CCNCC3)c2n1. The van der Waals surface area contributed by atoms with Crippen molar-refractivity contribution in [3.63, 3.8) is 0 Å². The first-order valence-electron chi connectivity index (χ1n) is 11.2. The highest BCUT2D eigenvalue weighted by Gasteiger charge is 2.18. The number of nitrogens with one attached hydrogen (secondary N) is 2. The molecule has 0 aliphatic carbocycles. The van der Waals surface area contributed by atoms with Crippen LogP contribution >= 0.6 is 11.6 Å². The fourth-order valence-electron chi connectivity index (χ4n) is 4.32. The van der Waals surface area contributed by atoms with E-state index >= 15 is 0 Å². The highest BCUT2D eigenvalue weighted by atomic mass is 35.5. The van der Waals surface area contributed by atoms with E-state index in [4.69, 9.17) is 21.6 Å². The molecular weight excluding hydrogens is 420 g/mol. The summed E-state index contributed by atoms with van der Waals surface area (Å²) in [5, 5.41) is 7.51. The van der Waals surface area contributed by atoms with E-state index in [0.29, 0.717) is 12.5 Å². The van der Waals surface area contributed by atoms with Gasteiger partial charge in [0.15, 0.2) is 5.65 Å². The van der Waals surface area contributed by atoms with Crippen molar-refractivity contribution in [2.45, 2.75) is 32.4 Å². The Morgan fingerprint density at radius 2 is 1.78 bits per heavy atom. The lowest BCUT2D eigenvalue weighted by Crippen LogP contribution is -2.28. The Morgan fingerprint density at radius 3 is 2.59 bits per heavy atom. The summed E-state index contributed by atoms with van der Waals surface area (Å²) in [4.78, 5) is 14.2. The fraction of sp³-hybridized carbons (Fsp3) is 0.320. The zero-order valence-electron chi connectivity index (χ0n) is 18.0. The maximum absolute atomic E-state index is 6.30. The van der Waals surface area contributed by atoms with E-state index in [0.717, 1.165) is 65.1 Å². The van der Waals surface area contributed by atoms with Crippen molar-refractivity contribution in [1.82, 2.24) is 24.8 Å². The van der Waals surface area contributed by atoms with Gasteiger partial charge in [-0.05, 0) is 49.9 Å². The van der Waals surface area contributed by atoms with Crippen LogP contribution in [0.2, 0.25) is 5.02 Å². The predicted octanol–water partition coefficient (Wildman–Crippen LogP) is 5.15. The van der Waals surface area contributed by atoms with Crippen molar-refractivity contribution in [3.05, 3.63) is 71.4 Å². The molecule has 7 heteroatoms. The third-order valence-corrected chi connectivity index (χ3v) is 6.50. The van der Waals surface area contributed by atoms with Gasteiger partial charge in [0, 0.05) is 23.7 Å². The lowest BCUT2D eigenvalue weighted by atomic mass is 9.95. The molecule has 3 heterocycles. The maximum Gasteiger partial charge on any atom is 0.225 e. The first-order chi connectivity index (χ1) is 15.8. The van der Waals surface area contributed by atoms with E-state index < -0.39 is 0 Å². The summed E-state index contributed by atoms with van der Waals surface area (Å²) in [7, 11) is 0. The highest BCUT2D eigenvalue weighted by molar-refractivity contribution is 6.31. The van der Waals surface area contributed by atoms with Gasteiger partial charge >= 0.3 is 0 Å². The number of rotatable bonds is 7. The van der Waals surface area contributed by atoms with Gasteiger partial charge in [0.25, 0.3) is 0 Å². The molecule has 2 aromatic heterocycles. The second kappa shape index (κ2) is 9.67. The van der Waals surface area contributed by atoms with Crippen molar-refractivity contribution in [1.29, 1.82) is 0 Å². The van der Waals surface area contributed by atoms with Gasteiger partial charge in [-0.1, -0.05) is 60.1 Å². The monoisotopic (exact) mass is 446 g/mol. The molecule has 1 aliphatic rings. The van der Waals surface area contributed by atoms with Crippen molar-refractivity contribution in [2.24, 2.45) is 5.92 Å². The number of anilines is 1. The van der Waals surface area contributed by atoms with E-state index in [2.05, 4.69) is 32.3 Å². The second-order valence-electron chi connectivity index (χ2n) is 8.28. The summed E-state index contributed by atoms with van der Waals surface area (Å²) in [5.41, 5.74) is 3.80. The molecular formula is C25H27ClN6. The van der Waals surface area contributed by atoms with Crippen LogP contribution in [0.1, 0.15) is 24.8 Å². The number of imidazole rings is 1. The summed E-state index contributed by atoms with van der Waals surface area (Å²) in [5.74, 6) is 2.27. The van der Waals surface area contributed by atoms with Crippen LogP contribution in [0, 0.1) is 5.92 Å². The number of hydrogen-bond acceptors (Lipinski definition) is 5. The molecule has 32 heavy (non-hydrogen) atoms. The van der Waals surface area contributed by atoms with E-state index in [1.807, 2.05) is 48.7 Å². The molecule has 2 aromatic carbocycles. The zero-order valence-corrected chi connectivity index (χ0v) is 18.7. The average molecular weight is 447 g/mol. The lowest BCUT2D eigenvalue weighted by Gasteiger charge is -2.23. The molecule has 164 valence electrons. The van der Waals surface area contributed by atoms with Crippen LogP contribution in [0.15, 0.2) is 60.8 Å². The Hall–Kier alpha value is -2.96. The number of benzene rings is 2. The topological polar surface area (TPSA) is 67.7 Å². The summed E-state index contributed by atoms with van der Waals surface area (Å²) >= 11 is 6.30. The number of aryl methyl sites for hydroxylation is 1. The summed E-state index contributed by atoms with van der Waals surface area (Å²) in [6, 6.07) is 18.1. The first kappa shape index (κ1) is 20.9. The van der Waals surface area contributed by atoms with Crippen LogP contribution in [0.3, 0.4) is 0 Å². The number of piperidine rings is 1. The van der Waals surface area contributed by atoms with Crippen molar-refractivity contribution < 1.29 is 0 Å². The van der Waals surface area contributed by atoms with Crippen LogP contribution in [-0.4, -0.2) is 32.6 Å². The van der Waals surface area contributed by atoms with Gasteiger partial charge in [-0.2, -0.15) is 4.98 Å². The summed E-state index contributed by atoms with van der Waals surface area (Å²) < 4.78 is 2.26. The molecule has 0 unspecified atom stereocenters. The average Bonchev–Trinajstić information content (AvgIpc) is 3.21. The van der Waals surface area contributed by atoms with Gasteiger partial charge in [-0.3, -0.25) is 0 Å². The Labute approximate surface area is 193 Å². The molecule has 0 amide bonds. The van der Waals surface area contributed by atoms with Gasteiger partial charge in [0.1, 0.15) is 11.3 Å². The Kier molecular flexibility index (Phi) is 6.32. The number of halogens is 1. The standard InChI is InChI=1S/C25H27ClN6/c26-21-9-5-4-8-20(21)16-28-25-29-17-22-24(31-25)32(15-12-18-10-13-27-14-11-18)23(30-22)19-6-2-1-3-7-19/h1-9,17-18,27H,10-16H2,(H,28,29,31). The number of nitrogens with zero attached hydrogens (tertiary/aromatic N) is 4. The smallest absolute Gasteiger partial charge is 0.225 e. The maximum atomic E-state index is 6.30. The van der Waals surface area contributed by atoms with Crippen LogP contribution in [0.5, 0.6) is 0 Å². The number of aromatic nitrogens is 4. The molecule has 1 fully saturated rings. The zero-order chi connectivity index (χ0) is 21.8. The minimum Gasteiger partial charge on any atom is -0.350 e. The van der Waals surface area contributed by atoms with Gasteiger partial charge < -0.3 is 15.2 Å². The first-order valence-corrected chi connectivity index (χ1v) is 11.6. The third kappa shape index (κ3) is 4.61. The van der Waals surface area contributed by atoms with Gasteiger partial charge in [-0.15, -0.1) is 0 Å². The Morgan fingerprint density at radius 1 is 1.00 bits per heavy atom. The van der Waals surface area contributed by atoms with Gasteiger partial charge in [0.2, 0.25) is 5.95 Å². The molecule has 5 rings (SSSR count). The van der Waals surface area contributed by atoms with Crippen molar-refractivity contribution >= 4 is 28.7 Å². The number of fused-ring (bicyclic) bond motifs is 1. The quantitative estimate of drug-likeness (QED) is 0.411. The normalized spacial score (nSPS) is 14.7. The second-order valence-corrected chi connectivity index (χ2v) is 8.69. The summed E-state index contributed by atoms with van der Waals surface area (Å²) in [6.07, 6.45) is 5.39. The largest absolute Gasteiger partial charge is 0.350 e. The molecule has 0 atom stereocenters. The lowest BCUT2D eigenvalue weighted by molar-refractivity contribution is 0.339. The summed E-state index contributed by atoms with van der Waals surface area (Å²) in [6.45, 7) is 3.69. The molecule has 1 aliphatic heterocycles. The minimum atomic E-state index is 0.569. The van der Waals surface area contributed by atoms with Crippen molar-refractivity contribution in [2.75, 3.05) is 18.4 Å². The van der Waals surface area contributed by atoms with E-state index in [-0.39, 0.29) is 0 Å². The van der Waals surface area contributed by atoms with Gasteiger partial charge in [-0.25, -0.2) is 9.97 Å². The molecule has 0 saturated carbocycles. The molecule has 6 nitrogen and oxygen atoms in total. The molecule has 2 N–H and O–H groups in total. The molecule has 1 saturated heterocycles. The Bertz CT molecular complexity index is 1180. The fourth-order valence-corrected chi connectivity index (χ4v) is 4.52. The highest BCUT2D eigenvalue weighted by Crippen LogP contribution is 2.26. The molecule has 0 bridgehead atoms. The van der Waals surface area contributed by atoms with Crippen LogP contribution in [-0.2, 0) is 13.1 Å². The van der Waals surface area contributed by atoms with E-state index in [1.54, 1.807) is 0 Å².